The molecule has 4 nitrogen and oxygen atoms in total. The van der Waals surface area contributed by atoms with Crippen LogP contribution < -0.4 is 5.32 Å². The number of rotatable bonds is 1. The lowest BCUT2D eigenvalue weighted by Gasteiger charge is -2.48. The van der Waals surface area contributed by atoms with Crippen molar-refractivity contribution < 1.29 is 9.59 Å². The summed E-state index contributed by atoms with van der Waals surface area (Å²) in [6.45, 7) is 4.16. The average Bonchev–Trinajstić information content (AvgIpc) is 2.89. The third-order valence-corrected chi connectivity index (χ3v) is 5.64. The first-order valence-electron chi connectivity index (χ1n) is 8.18. The summed E-state index contributed by atoms with van der Waals surface area (Å²) in [5.41, 5.74) is -0.563. The highest BCUT2D eigenvalue weighted by Gasteiger charge is 2.52. The summed E-state index contributed by atoms with van der Waals surface area (Å²) in [7, 11) is 0. The van der Waals surface area contributed by atoms with Crippen molar-refractivity contribution in [2.24, 2.45) is 5.92 Å². The number of nitrogens with zero attached hydrogens (tertiary/aromatic N) is 1. The van der Waals surface area contributed by atoms with Crippen LogP contribution in [0.4, 0.5) is 0 Å². The van der Waals surface area contributed by atoms with Gasteiger partial charge in [0.25, 0.3) is 0 Å². The molecule has 1 saturated heterocycles. The van der Waals surface area contributed by atoms with E-state index in [1.807, 2.05) is 11.8 Å². The number of amides is 2. The van der Waals surface area contributed by atoms with Crippen molar-refractivity contribution in [3.8, 4) is 0 Å². The van der Waals surface area contributed by atoms with Crippen molar-refractivity contribution in [3.05, 3.63) is 0 Å². The van der Waals surface area contributed by atoms with Gasteiger partial charge in [0.1, 0.15) is 11.6 Å². The molecular formula is C16H26N2O2. The smallest absolute Gasteiger partial charge is 0.249 e. The molecule has 1 atom stereocenters. The molecule has 2 aliphatic carbocycles. The van der Waals surface area contributed by atoms with Crippen LogP contribution in [0.5, 0.6) is 0 Å². The number of carbonyl (C=O) groups excluding carboxylic acids is 2. The van der Waals surface area contributed by atoms with Crippen LogP contribution in [0.2, 0.25) is 0 Å². The lowest BCUT2D eigenvalue weighted by molar-refractivity contribution is -0.158. The minimum atomic E-state index is -0.563. The van der Waals surface area contributed by atoms with Gasteiger partial charge in [-0.25, -0.2) is 0 Å². The van der Waals surface area contributed by atoms with Crippen molar-refractivity contribution in [2.75, 3.05) is 0 Å². The molecule has 1 spiro atoms. The van der Waals surface area contributed by atoms with Crippen LogP contribution in [0.15, 0.2) is 0 Å². The lowest BCUT2D eigenvalue weighted by atomic mass is 9.83. The minimum absolute atomic E-state index is 0.0464. The maximum atomic E-state index is 13.0. The van der Waals surface area contributed by atoms with E-state index in [9.17, 15) is 9.59 Å². The van der Waals surface area contributed by atoms with Gasteiger partial charge in [0, 0.05) is 6.04 Å². The Labute approximate surface area is 121 Å². The summed E-state index contributed by atoms with van der Waals surface area (Å²) >= 11 is 0. The second kappa shape index (κ2) is 5.05. The van der Waals surface area contributed by atoms with Crippen molar-refractivity contribution in [2.45, 2.75) is 82.8 Å². The fraction of sp³-hybridized carbons (Fsp3) is 0.875. The van der Waals surface area contributed by atoms with Gasteiger partial charge in [0.15, 0.2) is 0 Å². The molecule has 20 heavy (non-hydrogen) atoms. The van der Waals surface area contributed by atoms with Gasteiger partial charge >= 0.3 is 0 Å². The van der Waals surface area contributed by atoms with E-state index in [0.29, 0.717) is 0 Å². The zero-order valence-corrected chi connectivity index (χ0v) is 12.7. The third-order valence-electron chi connectivity index (χ3n) is 5.64. The van der Waals surface area contributed by atoms with E-state index in [2.05, 4.69) is 12.2 Å². The van der Waals surface area contributed by atoms with Crippen molar-refractivity contribution in [1.29, 1.82) is 0 Å². The van der Waals surface area contributed by atoms with Gasteiger partial charge in [0.2, 0.25) is 11.8 Å². The summed E-state index contributed by atoms with van der Waals surface area (Å²) in [5.74, 6) is 1.00. The topological polar surface area (TPSA) is 49.4 Å². The Morgan fingerprint density at radius 2 is 1.65 bits per heavy atom. The monoisotopic (exact) mass is 278 g/mol. The molecule has 1 aliphatic heterocycles. The number of nitrogens with one attached hydrogen (secondary N) is 1. The van der Waals surface area contributed by atoms with Gasteiger partial charge in [-0.1, -0.05) is 19.8 Å². The molecule has 112 valence electrons. The van der Waals surface area contributed by atoms with Crippen LogP contribution in [0.25, 0.3) is 0 Å². The van der Waals surface area contributed by atoms with Gasteiger partial charge in [-0.15, -0.1) is 0 Å². The van der Waals surface area contributed by atoms with Crippen LogP contribution in [-0.2, 0) is 9.59 Å². The van der Waals surface area contributed by atoms with E-state index in [4.69, 9.17) is 0 Å². The van der Waals surface area contributed by atoms with Gasteiger partial charge in [0.05, 0.1) is 0 Å². The maximum absolute atomic E-state index is 13.0. The SMILES string of the molecule is CC1CCC(N2C(=O)C3(CCCC3)NC(=O)C2C)CC1. The van der Waals surface area contributed by atoms with Gasteiger partial charge in [-0.2, -0.15) is 0 Å². The molecule has 0 aromatic carbocycles. The molecule has 0 aromatic rings. The fourth-order valence-electron chi connectivity index (χ4n) is 4.26. The molecule has 3 fully saturated rings. The molecule has 0 aromatic heterocycles. The Kier molecular flexibility index (Phi) is 3.51. The Hall–Kier alpha value is -1.06. The molecular weight excluding hydrogens is 252 g/mol. The van der Waals surface area contributed by atoms with E-state index < -0.39 is 5.54 Å². The number of hydrogen-bond acceptors (Lipinski definition) is 2. The molecule has 2 saturated carbocycles. The average molecular weight is 278 g/mol. The van der Waals surface area contributed by atoms with E-state index in [1.165, 1.54) is 12.8 Å². The highest BCUT2D eigenvalue weighted by Crippen LogP contribution is 2.38. The molecule has 1 N–H and O–H groups in total. The molecule has 3 rings (SSSR count). The maximum Gasteiger partial charge on any atom is 0.249 e. The molecule has 1 heterocycles. The standard InChI is InChI=1S/C16H26N2O2/c1-11-5-7-13(8-6-11)18-12(2)14(19)17-16(15(18)20)9-3-4-10-16/h11-13H,3-10H2,1-2H3,(H,17,19). The number of piperazine rings is 1. The first-order chi connectivity index (χ1) is 9.53. The highest BCUT2D eigenvalue weighted by atomic mass is 16.2. The zero-order valence-electron chi connectivity index (χ0n) is 12.7. The third kappa shape index (κ3) is 2.13. The Morgan fingerprint density at radius 1 is 1.05 bits per heavy atom. The van der Waals surface area contributed by atoms with Crippen molar-refractivity contribution in [3.63, 3.8) is 0 Å². The van der Waals surface area contributed by atoms with E-state index >= 15 is 0 Å². The number of carbonyl (C=O) groups is 2. The summed E-state index contributed by atoms with van der Waals surface area (Å²) in [6.07, 6.45) is 8.21. The Balaban J connectivity index is 1.83. The lowest BCUT2D eigenvalue weighted by Crippen LogP contribution is -2.70. The second-order valence-electron chi connectivity index (χ2n) is 7.08. The number of hydrogen-bond donors (Lipinski definition) is 1. The second-order valence-corrected chi connectivity index (χ2v) is 7.08. The first-order valence-corrected chi connectivity index (χ1v) is 8.18. The minimum Gasteiger partial charge on any atom is -0.340 e. The van der Waals surface area contributed by atoms with Gasteiger partial charge in [-0.05, 0) is 51.4 Å². The van der Waals surface area contributed by atoms with Crippen LogP contribution >= 0.6 is 0 Å². The Bertz CT molecular complexity index is 407. The predicted octanol–water partition coefficient (Wildman–Crippen LogP) is 2.22. The van der Waals surface area contributed by atoms with Crippen LogP contribution in [-0.4, -0.2) is 34.3 Å². The molecule has 0 radical (unpaired) electrons. The summed E-state index contributed by atoms with van der Waals surface area (Å²) in [4.78, 5) is 27.3. The Morgan fingerprint density at radius 3 is 2.25 bits per heavy atom. The first kappa shape index (κ1) is 13.9. The van der Waals surface area contributed by atoms with Crippen LogP contribution in [0, 0.1) is 5.92 Å². The van der Waals surface area contributed by atoms with E-state index in [0.717, 1.165) is 44.4 Å². The predicted molar refractivity (Wildman–Crippen MR) is 77.1 cm³/mol. The quantitative estimate of drug-likeness (QED) is 0.799. The molecule has 4 heteroatoms. The van der Waals surface area contributed by atoms with E-state index in [1.54, 1.807) is 0 Å². The van der Waals surface area contributed by atoms with Crippen molar-refractivity contribution in [1.82, 2.24) is 10.2 Å². The zero-order chi connectivity index (χ0) is 14.3. The fourth-order valence-corrected chi connectivity index (χ4v) is 4.26. The normalized spacial score (nSPS) is 37.3. The van der Waals surface area contributed by atoms with Crippen molar-refractivity contribution >= 4 is 11.8 Å². The summed E-state index contributed by atoms with van der Waals surface area (Å²) < 4.78 is 0. The van der Waals surface area contributed by atoms with E-state index in [-0.39, 0.29) is 23.9 Å². The summed E-state index contributed by atoms with van der Waals surface area (Å²) in [5, 5.41) is 3.04. The van der Waals surface area contributed by atoms with Crippen LogP contribution in [0.1, 0.15) is 65.2 Å². The summed E-state index contributed by atoms with van der Waals surface area (Å²) in [6, 6.07) is -0.0237. The van der Waals surface area contributed by atoms with Gasteiger partial charge in [-0.3, -0.25) is 9.59 Å². The molecule has 0 bridgehead atoms. The largest absolute Gasteiger partial charge is 0.340 e. The van der Waals surface area contributed by atoms with Gasteiger partial charge < -0.3 is 10.2 Å². The van der Waals surface area contributed by atoms with Crippen LogP contribution in [0.3, 0.4) is 0 Å². The molecule has 2 amide bonds. The molecule has 3 aliphatic rings. The molecule has 1 unspecified atom stereocenters. The highest BCUT2D eigenvalue weighted by molar-refractivity contribution is 6.00.